The van der Waals surface area contributed by atoms with Crippen LogP contribution >= 0.6 is 0 Å². The van der Waals surface area contributed by atoms with Crippen LogP contribution in [0.3, 0.4) is 0 Å². The van der Waals surface area contributed by atoms with Crippen molar-refractivity contribution in [3.05, 3.63) is 89.9 Å². The highest BCUT2D eigenvalue weighted by atomic mass is 16.5. The maximum atomic E-state index is 13.2. The van der Waals surface area contributed by atoms with Gasteiger partial charge in [-0.25, -0.2) is 0 Å². The number of likely N-dealkylation sites (N-methyl/N-ethyl adjacent to an activating group) is 1. The topological polar surface area (TPSA) is 83.1 Å². The quantitative estimate of drug-likeness (QED) is 0.440. The zero-order chi connectivity index (χ0) is 24.4. The summed E-state index contributed by atoms with van der Waals surface area (Å²) in [6, 6.07) is 15.7. The van der Waals surface area contributed by atoms with Crippen LogP contribution < -0.4 is 10.1 Å². The standard InChI is InChI=1S/C24H22N4O2.C4H7N/c1-15-5-6-17(30-2)14-19(15)23(29)27-24(8-9-24)20-12-16(21-7-11-26-28-21)13-22-18(20)4-3-10-25-22;1-5-3-2-4-5/h3-7,10-14H,8-9H2,1-2H3,(H,26,28)(H,27,29);2-3H,4H2,1H3. The van der Waals surface area contributed by atoms with Gasteiger partial charge in [-0.15, -0.1) is 0 Å². The molecule has 1 aliphatic carbocycles. The van der Waals surface area contributed by atoms with Crippen molar-refractivity contribution in [3.63, 3.8) is 0 Å². The van der Waals surface area contributed by atoms with E-state index in [0.29, 0.717) is 11.3 Å². The van der Waals surface area contributed by atoms with Crippen LogP contribution in [0.4, 0.5) is 0 Å². The Morgan fingerprint density at radius 1 is 1.14 bits per heavy atom. The monoisotopic (exact) mass is 467 g/mol. The number of hydrogen-bond acceptors (Lipinski definition) is 5. The van der Waals surface area contributed by atoms with Crippen molar-refractivity contribution in [1.82, 2.24) is 25.4 Å². The summed E-state index contributed by atoms with van der Waals surface area (Å²) in [5.74, 6) is 0.583. The molecule has 178 valence electrons. The van der Waals surface area contributed by atoms with Gasteiger partial charge in [0.1, 0.15) is 5.75 Å². The van der Waals surface area contributed by atoms with Crippen LogP contribution in [0.15, 0.2) is 73.2 Å². The molecule has 7 nitrogen and oxygen atoms in total. The third-order valence-corrected chi connectivity index (χ3v) is 6.59. The van der Waals surface area contributed by atoms with E-state index in [9.17, 15) is 4.79 Å². The van der Waals surface area contributed by atoms with Gasteiger partial charge in [-0.2, -0.15) is 5.10 Å². The minimum absolute atomic E-state index is 0.0899. The molecule has 1 aliphatic heterocycles. The highest BCUT2D eigenvalue weighted by Gasteiger charge is 2.47. The fourth-order valence-electron chi connectivity index (χ4n) is 4.31. The molecule has 2 N–H and O–H groups in total. The first-order valence-electron chi connectivity index (χ1n) is 11.7. The second-order valence-electron chi connectivity index (χ2n) is 9.11. The minimum Gasteiger partial charge on any atom is -0.497 e. The number of nitrogens with zero attached hydrogens (tertiary/aromatic N) is 3. The Labute approximate surface area is 204 Å². The van der Waals surface area contributed by atoms with E-state index in [1.54, 1.807) is 25.6 Å². The Bertz CT molecular complexity index is 1390. The first-order valence-corrected chi connectivity index (χ1v) is 11.7. The number of pyridine rings is 1. The predicted molar refractivity (Wildman–Crippen MR) is 137 cm³/mol. The van der Waals surface area contributed by atoms with Crippen molar-refractivity contribution in [2.45, 2.75) is 25.3 Å². The third kappa shape index (κ3) is 4.62. The number of fused-ring (bicyclic) bond motifs is 1. The molecule has 1 amide bonds. The first-order chi connectivity index (χ1) is 17.0. The maximum Gasteiger partial charge on any atom is 0.252 e. The van der Waals surface area contributed by atoms with E-state index < -0.39 is 5.54 Å². The Kier molecular flexibility index (Phi) is 5.99. The molecule has 4 aromatic rings. The lowest BCUT2D eigenvalue weighted by molar-refractivity contribution is 0.0930. The summed E-state index contributed by atoms with van der Waals surface area (Å²) in [6.07, 6.45) is 9.48. The average molecular weight is 468 g/mol. The number of aromatic nitrogens is 3. The molecule has 0 unspecified atom stereocenters. The Balaban J connectivity index is 0.000000453. The maximum absolute atomic E-state index is 13.2. The zero-order valence-electron chi connectivity index (χ0n) is 20.2. The molecule has 0 radical (unpaired) electrons. The lowest BCUT2D eigenvalue weighted by Gasteiger charge is -2.21. The molecule has 0 saturated heterocycles. The Morgan fingerprint density at radius 3 is 2.57 bits per heavy atom. The van der Waals surface area contributed by atoms with Crippen molar-refractivity contribution in [3.8, 4) is 17.0 Å². The van der Waals surface area contributed by atoms with E-state index in [2.05, 4.69) is 62.9 Å². The van der Waals surface area contributed by atoms with E-state index in [1.807, 2.05) is 31.2 Å². The molecule has 0 spiro atoms. The van der Waals surface area contributed by atoms with Gasteiger partial charge in [0.15, 0.2) is 0 Å². The van der Waals surface area contributed by atoms with Crippen molar-refractivity contribution < 1.29 is 9.53 Å². The van der Waals surface area contributed by atoms with Gasteiger partial charge in [-0.1, -0.05) is 12.1 Å². The van der Waals surface area contributed by atoms with Gasteiger partial charge < -0.3 is 15.0 Å². The second kappa shape index (κ2) is 9.25. The van der Waals surface area contributed by atoms with Gasteiger partial charge in [-0.05, 0) is 79.6 Å². The summed E-state index contributed by atoms with van der Waals surface area (Å²) < 4.78 is 5.31. The number of benzene rings is 2. The van der Waals surface area contributed by atoms with Gasteiger partial charge in [0.25, 0.3) is 5.91 Å². The van der Waals surface area contributed by atoms with Crippen LogP contribution in [0, 0.1) is 6.92 Å². The van der Waals surface area contributed by atoms with Crippen LogP contribution in [-0.2, 0) is 5.54 Å². The molecule has 0 bridgehead atoms. The van der Waals surface area contributed by atoms with Crippen LogP contribution in [0.2, 0.25) is 0 Å². The van der Waals surface area contributed by atoms with Crippen LogP contribution in [-0.4, -0.2) is 46.7 Å². The number of carbonyl (C=O) groups excluding carboxylic acids is 1. The molecule has 2 aromatic heterocycles. The molecule has 3 heterocycles. The van der Waals surface area contributed by atoms with Crippen LogP contribution in [0.1, 0.15) is 34.3 Å². The highest BCUT2D eigenvalue weighted by molar-refractivity contribution is 5.98. The molecule has 7 heteroatoms. The lowest BCUT2D eigenvalue weighted by Crippen LogP contribution is -2.35. The van der Waals surface area contributed by atoms with E-state index in [1.165, 1.54) is 0 Å². The number of H-pyrrole nitrogens is 1. The number of hydrogen-bond donors (Lipinski definition) is 2. The van der Waals surface area contributed by atoms with E-state index in [-0.39, 0.29) is 5.91 Å². The van der Waals surface area contributed by atoms with Gasteiger partial charge >= 0.3 is 0 Å². The second-order valence-corrected chi connectivity index (χ2v) is 9.11. The number of amides is 1. The van der Waals surface area contributed by atoms with Crippen molar-refractivity contribution in [2.75, 3.05) is 20.7 Å². The summed E-state index contributed by atoms with van der Waals surface area (Å²) in [6.45, 7) is 3.08. The number of ether oxygens (including phenoxy) is 1. The SMILES string of the molecule is CN1C=CC1.COc1ccc(C)c(C(=O)NC2(c3cc(-c4ccn[nH]4)cc4ncccc34)CC2)c1. The molecule has 2 aromatic carbocycles. The van der Waals surface area contributed by atoms with Crippen LogP contribution in [0.5, 0.6) is 5.75 Å². The third-order valence-electron chi connectivity index (χ3n) is 6.59. The fourth-order valence-corrected chi connectivity index (χ4v) is 4.31. The summed E-state index contributed by atoms with van der Waals surface area (Å²) >= 11 is 0. The molecular weight excluding hydrogens is 438 g/mol. The number of rotatable bonds is 5. The summed E-state index contributed by atoms with van der Waals surface area (Å²) in [5.41, 5.74) is 5.07. The van der Waals surface area contributed by atoms with Crippen molar-refractivity contribution in [2.24, 2.45) is 0 Å². The van der Waals surface area contributed by atoms with E-state index in [4.69, 9.17) is 4.74 Å². The molecule has 35 heavy (non-hydrogen) atoms. The van der Waals surface area contributed by atoms with Crippen molar-refractivity contribution in [1.29, 1.82) is 0 Å². The molecule has 6 rings (SSSR count). The van der Waals surface area contributed by atoms with Crippen LogP contribution in [0.25, 0.3) is 22.2 Å². The lowest BCUT2D eigenvalue weighted by atomic mass is 9.95. The number of aromatic amines is 1. The van der Waals surface area contributed by atoms with E-state index in [0.717, 1.165) is 52.7 Å². The van der Waals surface area contributed by atoms with Gasteiger partial charge in [0.05, 0.1) is 23.9 Å². The predicted octanol–water partition coefficient (Wildman–Crippen LogP) is 4.81. The Hall–Kier alpha value is -4.13. The summed E-state index contributed by atoms with van der Waals surface area (Å²) in [7, 11) is 3.66. The number of carbonyl (C=O) groups is 1. The summed E-state index contributed by atoms with van der Waals surface area (Å²) in [4.78, 5) is 19.9. The highest BCUT2D eigenvalue weighted by Crippen LogP contribution is 2.49. The minimum atomic E-state index is -0.399. The normalized spacial score (nSPS) is 15.1. The largest absolute Gasteiger partial charge is 0.497 e. The fraction of sp³-hybridized carbons (Fsp3) is 0.250. The molecule has 1 fully saturated rings. The average Bonchev–Trinajstić information content (AvgIpc) is 3.42. The van der Waals surface area contributed by atoms with Crippen molar-refractivity contribution >= 4 is 16.8 Å². The van der Waals surface area contributed by atoms with Gasteiger partial charge in [0.2, 0.25) is 0 Å². The molecule has 1 saturated carbocycles. The number of methoxy groups -OCH3 is 1. The Morgan fingerprint density at radius 2 is 1.94 bits per heavy atom. The molecular formula is C28H29N5O2. The molecule has 0 atom stereocenters. The number of aryl methyl sites for hydroxylation is 1. The smallest absolute Gasteiger partial charge is 0.252 e. The number of nitrogens with one attached hydrogen (secondary N) is 2. The van der Waals surface area contributed by atoms with E-state index >= 15 is 0 Å². The molecule has 2 aliphatic rings. The summed E-state index contributed by atoms with van der Waals surface area (Å²) in [5, 5.41) is 11.5. The first kappa shape index (κ1) is 22.7. The van der Waals surface area contributed by atoms with Gasteiger partial charge in [0, 0.05) is 42.5 Å². The zero-order valence-corrected chi connectivity index (χ0v) is 20.2. The van der Waals surface area contributed by atoms with Gasteiger partial charge in [-0.3, -0.25) is 14.9 Å².